The van der Waals surface area contributed by atoms with E-state index in [2.05, 4.69) is 30.3 Å². The molecule has 1 aromatic carbocycles. The molecule has 0 amide bonds. The first-order valence-electron chi connectivity index (χ1n) is 6.91. The van der Waals surface area contributed by atoms with Crippen molar-refractivity contribution in [1.82, 2.24) is 0 Å². The summed E-state index contributed by atoms with van der Waals surface area (Å²) in [5.41, 5.74) is 1.42. The normalized spacial score (nSPS) is 23.6. The number of aryl methyl sites for hydroxylation is 1. The van der Waals surface area contributed by atoms with Crippen molar-refractivity contribution in [2.45, 2.75) is 38.5 Å². The van der Waals surface area contributed by atoms with Crippen molar-refractivity contribution in [1.29, 1.82) is 0 Å². The molecule has 0 bridgehead atoms. The Morgan fingerprint density at radius 2 is 1.83 bits per heavy atom. The van der Waals surface area contributed by atoms with Crippen molar-refractivity contribution in [3.8, 4) is 0 Å². The zero-order valence-corrected chi connectivity index (χ0v) is 11.1. The van der Waals surface area contributed by atoms with Gasteiger partial charge in [-0.1, -0.05) is 30.3 Å². The minimum absolute atomic E-state index is 0.0171. The first kappa shape index (κ1) is 13.1. The molecule has 0 aromatic heterocycles. The molecule has 1 aliphatic rings. The highest BCUT2D eigenvalue weighted by atomic mass is 16.5. The van der Waals surface area contributed by atoms with E-state index < -0.39 is 0 Å². The van der Waals surface area contributed by atoms with Gasteiger partial charge < -0.3 is 4.74 Å². The molecule has 0 N–H and O–H groups in total. The van der Waals surface area contributed by atoms with E-state index in [0.29, 0.717) is 0 Å². The van der Waals surface area contributed by atoms with Crippen molar-refractivity contribution in [3.05, 3.63) is 35.9 Å². The molecule has 1 fully saturated rings. The van der Waals surface area contributed by atoms with Crippen molar-refractivity contribution in [2.24, 2.45) is 11.8 Å². The van der Waals surface area contributed by atoms with Crippen LogP contribution in [0.15, 0.2) is 30.3 Å². The molecule has 1 aliphatic carbocycles. The third-order valence-corrected chi connectivity index (χ3v) is 4.07. The summed E-state index contributed by atoms with van der Waals surface area (Å²) in [5, 5.41) is 0. The monoisotopic (exact) mass is 246 g/mol. The summed E-state index contributed by atoms with van der Waals surface area (Å²) >= 11 is 0. The predicted molar refractivity (Wildman–Crippen MR) is 72.2 cm³/mol. The van der Waals surface area contributed by atoms with E-state index in [1.807, 2.05) is 0 Å². The van der Waals surface area contributed by atoms with Gasteiger partial charge in [0.2, 0.25) is 0 Å². The largest absolute Gasteiger partial charge is 0.469 e. The number of carbonyl (C=O) groups excluding carboxylic acids is 1. The Bertz CT molecular complexity index is 364. The quantitative estimate of drug-likeness (QED) is 0.759. The van der Waals surface area contributed by atoms with Crippen molar-refractivity contribution in [2.75, 3.05) is 7.11 Å². The van der Waals surface area contributed by atoms with Crippen LogP contribution in [0.4, 0.5) is 0 Å². The van der Waals surface area contributed by atoms with Crippen LogP contribution in [0.2, 0.25) is 0 Å². The molecule has 1 aromatic rings. The van der Waals surface area contributed by atoms with Crippen molar-refractivity contribution >= 4 is 5.97 Å². The Balaban J connectivity index is 1.72. The molecular weight excluding hydrogens is 224 g/mol. The molecule has 98 valence electrons. The van der Waals surface area contributed by atoms with Gasteiger partial charge in [0.15, 0.2) is 0 Å². The molecule has 0 radical (unpaired) electrons. The summed E-state index contributed by atoms with van der Waals surface area (Å²) in [4.78, 5) is 11.4. The SMILES string of the molecule is COC(=O)[C@H]1CC[C@@H](CCc2ccccc2)CC1. The third-order valence-electron chi connectivity index (χ3n) is 4.07. The molecule has 2 heteroatoms. The zero-order chi connectivity index (χ0) is 12.8. The molecule has 0 spiro atoms. The molecule has 0 aliphatic heterocycles. The number of esters is 1. The highest BCUT2D eigenvalue weighted by Gasteiger charge is 2.26. The van der Waals surface area contributed by atoms with Gasteiger partial charge in [-0.15, -0.1) is 0 Å². The van der Waals surface area contributed by atoms with Crippen LogP contribution < -0.4 is 0 Å². The standard InChI is InChI=1S/C16H22O2/c1-18-16(17)15-11-9-14(10-12-15)8-7-13-5-3-2-4-6-13/h2-6,14-15H,7-12H2,1H3/t14-,15+. The topological polar surface area (TPSA) is 26.3 Å². The zero-order valence-electron chi connectivity index (χ0n) is 11.1. The van der Waals surface area contributed by atoms with Gasteiger partial charge in [0.25, 0.3) is 0 Å². The van der Waals surface area contributed by atoms with Crippen LogP contribution in [0.5, 0.6) is 0 Å². The number of methoxy groups -OCH3 is 1. The Kier molecular flexibility index (Phi) is 4.80. The molecule has 2 nitrogen and oxygen atoms in total. The Morgan fingerprint density at radius 1 is 1.17 bits per heavy atom. The van der Waals surface area contributed by atoms with E-state index in [1.54, 1.807) is 0 Å². The second kappa shape index (κ2) is 6.58. The lowest BCUT2D eigenvalue weighted by Gasteiger charge is -2.26. The second-order valence-corrected chi connectivity index (χ2v) is 5.27. The number of hydrogen-bond donors (Lipinski definition) is 0. The average molecular weight is 246 g/mol. The number of benzene rings is 1. The average Bonchev–Trinajstić information content (AvgIpc) is 2.46. The summed E-state index contributed by atoms with van der Waals surface area (Å²) in [7, 11) is 1.49. The number of hydrogen-bond acceptors (Lipinski definition) is 2. The fourth-order valence-corrected chi connectivity index (χ4v) is 2.87. The van der Waals surface area contributed by atoms with E-state index in [4.69, 9.17) is 4.74 Å². The smallest absolute Gasteiger partial charge is 0.308 e. The molecule has 0 atom stereocenters. The van der Waals surface area contributed by atoms with Crippen LogP contribution in [0, 0.1) is 11.8 Å². The fraction of sp³-hybridized carbons (Fsp3) is 0.562. The van der Waals surface area contributed by atoms with Gasteiger partial charge >= 0.3 is 5.97 Å². The lowest BCUT2D eigenvalue weighted by Crippen LogP contribution is -2.23. The molecule has 0 unspecified atom stereocenters. The highest BCUT2D eigenvalue weighted by molar-refractivity contribution is 5.72. The number of ether oxygens (including phenoxy) is 1. The Labute approximate surface area is 109 Å². The lowest BCUT2D eigenvalue weighted by molar-refractivity contribution is -0.146. The predicted octanol–water partition coefficient (Wildman–Crippen LogP) is 3.60. The van der Waals surface area contributed by atoms with Gasteiger partial charge in [-0.25, -0.2) is 0 Å². The van der Waals surface area contributed by atoms with Crippen LogP contribution in [0.25, 0.3) is 0 Å². The maximum Gasteiger partial charge on any atom is 0.308 e. The molecule has 0 saturated heterocycles. The van der Waals surface area contributed by atoms with Crippen LogP contribution >= 0.6 is 0 Å². The van der Waals surface area contributed by atoms with Crippen LogP contribution in [0.3, 0.4) is 0 Å². The van der Waals surface area contributed by atoms with E-state index in [9.17, 15) is 4.79 Å². The number of rotatable bonds is 4. The second-order valence-electron chi connectivity index (χ2n) is 5.27. The van der Waals surface area contributed by atoms with E-state index in [1.165, 1.54) is 31.9 Å². The first-order valence-corrected chi connectivity index (χ1v) is 6.91. The van der Waals surface area contributed by atoms with E-state index >= 15 is 0 Å². The summed E-state index contributed by atoms with van der Waals surface area (Å²) in [6.07, 6.45) is 6.77. The molecule has 0 heterocycles. The lowest BCUT2D eigenvalue weighted by atomic mass is 9.79. The van der Waals surface area contributed by atoms with E-state index in [0.717, 1.165) is 25.2 Å². The van der Waals surface area contributed by atoms with Gasteiger partial charge in [-0.3, -0.25) is 4.79 Å². The van der Waals surface area contributed by atoms with E-state index in [-0.39, 0.29) is 11.9 Å². The maximum absolute atomic E-state index is 11.4. The molecular formula is C16H22O2. The first-order chi connectivity index (χ1) is 8.79. The van der Waals surface area contributed by atoms with Crippen LogP contribution in [-0.2, 0) is 16.0 Å². The van der Waals surface area contributed by atoms with Gasteiger partial charge in [0, 0.05) is 0 Å². The molecule has 1 saturated carbocycles. The summed E-state index contributed by atoms with van der Waals surface area (Å²) in [5.74, 6) is 0.922. The third kappa shape index (κ3) is 3.59. The summed E-state index contributed by atoms with van der Waals surface area (Å²) < 4.78 is 4.82. The molecule has 18 heavy (non-hydrogen) atoms. The Morgan fingerprint density at radius 3 is 2.44 bits per heavy atom. The summed E-state index contributed by atoms with van der Waals surface area (Å²) in [6, 6.07) is 10.7. The minimum Gasteiger partial charge on any atom is -0.469 e. The van der Waals surface area contributed by atoms with Crippen molar-refractivity contribution in [3.63, 3.8) is 0 Å². The van der Waals surface area contributed by atoms with Crippen LogP contribution in [-0.4, -0.2) is 13.1 Å². The van der Waals surface area contributed by atoms with Gasteiger partial charge in [0.1, 0.15) is 0 Å². The number of carbonyl (C=O) groups is 1. The fourth-order valence-electron chi connectivity index (χ4n) is 2.87. The van der Waals surface area contributed by atoms with Gasteiger partial charge in [0.05, 0.1) is 13.0 Å². The highest BCUT2D eigenvalue weighted by Crippen LogP contribution is 2.32. The maximum atomic E-state index is 11.4. The van der Waals surface area contributed by atoms with Gasteiger partial charge in [-0.05, 0) is 50.0 Å². The minimum atomic E-state index is -0.0171. The molecule has 2 rings (SSSR count). The Hall–Kier alpha value is -1.31. The summed E-state index contributed by atoms with van der Waals surface area (Å²) in [6.45, 7) is 0. The van der Waals surface area contributed by atoms with Gasteiger partial charge in [-0.2, -0.15) is 0 Å². The van der Waals surface area contributed by atoms with Crippen molar-refractivity contribution < 1.29 is 9.53 Å². The van der Waals surface area contributed by atoms with Crippen LogP contribution in [0.1, 0.15) is 37.7 Å².